The Morgan fingerprint density at radius 3 is 2.87 bits per heavy atom. The monoisotopic (exact) mass is 436 g/mol. The lowest BCUT2D eigenvalue weighted by atomic mass is 9.95. The van der Waals surface area contributed by atoms with E-state index in [-0.39, 0.29) is 0 Å². The molecule has 1 aliphatic rings. The zero-order valence-electron chi connectivity index (χ0n) is 17.7. The van der Waals surface area contributed by atoms with Gasteiger partial charge in [-0.25, -0.2) is 0 Å². The fourth-order valence-electron chi connectivity index (χ4n) is 4.49. The Labute approximate surface area is 186 Å². The van der Waals surface area contributed by atoms with Crippen molar-refractivity contribution in [3.63, 3.8) is 0 Å². The number of piperidine rings is 1. The van der Waals surface area contributed by atoms with Crippen molar-refractivity contribution < 1.29 is 14.6 Å². The van der Waals surface area contributed by atoms with Gasteiger partial charge in [-0.05, 0) is 79.7 Å². The van der Waals surface area contributed by atoms with Crippen LogP contribution in [0.5, 0.6) is 11.5 Å². The first-order chi connectivity index (χ1) is 15.2. The van der Waals surface area contributed by atoms with E-state index in [0.29, 0.717) is 19.1 Å². The minimum atomic E-state index is -0.498. The highest BCUT2D eigenvalue weighted by Gasteiger charge is 2.24. The lowest BCUT2D eigenvalue weighted by molar-refractivity contribution is 0.0600. The second kappa shape index (κ2) is 8.91. The Bertz CT molecular complexity index is 1160. The van der Waals surface area contributed by atoms with Crippen molar-refractivity contribution in [2.24, 2.45) is 0 Å². The molecule has 2 N–H and O–H groups in total. The number of benzene rings is 2. The Morgan fingerprint density at radius 1 is 1.16 bits per heavy atom. The van der Waals surface area contributed by atoms with Crippen LogP contribution in [0.2, 0.25) is 0 Å². The Hall–Kier alpha value is -2.54. The minimum absolute atomic E-state index is 0.308. The van der Waals surface area contributed by atoms with Gasteiger partial charge in [-0.15, -0.1) is 11.3 Å². The van der Waals surface area contributed by atoms with Crippen LogP contribution in [-0.2, 0) is 0 Å². The van der Waals surface area contributed by atoms with Crippen LogP contribution in [0.3, 0.4) is 0 Å². The molecule has 6 heteroatoms. The number of fused-ring (bicyclic) bond motifs is 2. The number of methoxy groups -OCH3 is 1. The summed E-state index contributed by atoms with van der Waals surface area (Å²) in [7, 11) is 1.71. The molecule has 0 radical (unpaired) electrons. The number of H-pyrrole nitrogens is 1. The van der Waals surface area contributed by atoms with E-state index in [2.05, 4.69) is 28.1 Å². The Balaban J connectivity index is 1.13. The average molecular weight is 437 g/mol. The van der Waals surface area contributed by atoms with Crippen LogP contribution in [0.4, 0.5) is 0 Å². The molecular formula is C25H28N2O3S. The van der Waals surface area contributed by atoms with Gasteiger partial charge in [0.1, 0.15) is 24.2 Å². The zero-order valence-corrected chi connectivity index (χ0v) is 18.5. The lowest BCUT2D eigenvalue weighted by Gasteiger charge is -2.32. The van der Waals surface area contributed by atoms with E-state index in [0.717, 1.165) is 48.3 Å². The van der Waals surface area contributed by atoms with Crippen molar-refractivity contribution in [3.05, 3.63) is 59.6 Å². The van der Waals surface area contributed by atoms with E-state index in [1.807, 2.05) is 47.9 Å². The fraction of sp³-hybridized carbons (Fsp3) is 0.360. The van der Waals surface area contributed by atoms with E-state index in [1.165, 1.54) is 15.0 Å². The maximum atomic E-state index is 10.5. The van der Waals surface area contributed by atoms with Crippen LogP contribution in [0.15, 0.2) is 54.7 Å². The van der Waals surface area contributed by atoms with Crippen LogP contribution in [0.1, 0.15) is 23.6 Å². The molecule has 1 fully saturated rings. The van der Waals surface area contributed by atoms with E-state index in [4.69, 9.17) is 9.47 Å². The van der Waals surface area contributed by atoms with Crippen molar-refractivity contribution in [2.45, 2.75) is 24.9 Å². The number of aliphatic hydroxyl groups excluding tert-OH is 1. The molecule has 1 aliphatic heterocycles. The number of hydrogen-bond donors (Lipinski definition) is 2. The van der Waals surface area contributed by atoms with Crippen LogP contribution >= 0.6 is 11.3 Å². The summed E-state index contributed by atoms with van der Waals surface area (Å²) in [6.45, 7) is 2.97. The van der Waals surface area contributed by atoms with Crippen molar-refractivity contribution in [3.8, 4) is 11.5 Å². The van der Waals surface area contributed by atoms with Gasteiger partial charge in [0.05, 0.1) is 7.11 Å². The first kappa shape index (κ1) is 20.4. The third-order valence-corrected chi connectivity index (χ3v) is 7.47. The third-order valence-electron chi connectivity index (χ3n) is 6.19. The summed E-state index contributed by atoms with van der Waals surface area (Å²) in [6, 6.07) is 16.6. The minimum Gasteiger partial charge on any atom is -0.497 e. The molecule has 1 atom stereocenters. The van der Waals surface area contributed by atoms with Gasteiger partial charge in [0, 0.05) is 33.2 Å². The molecule has 0 unspecified atom stereocenters. The number of rotatable bonds is 7. The van der Waals surface area contributed by atoms with Gasteiger partial charge in [0.2, 0.25) is 0 Å². The molecule has 0 bridgehead atoms. The third kappa shape index (κ3) is 4.42. The highest BCUT2D eigenvalue weighted by molar-refractivity contribution is 7.19. The molecule has 0 saturated carbocycles. The fourth-order valence-corrected chi connectivity index (χ4v) is 5.70. The van der Waals surface area contributed by atoms with Crippen molar-refractivity contribution in [1.29, 1.82) is 0 Å². The van der Waals surface area contributed by atoms with Crippen molar-refractivity contribution in [2.75, 3.05) is 33.4 Å². The molecule has 31 heavy (non-hydrogen) atoms. The standard InChI is InChI=1S/C25H28N2O3S/c1-29-20-5-6-24-18(13-20)14-25(31-24)17-8-11-27(12-9-17)15-19(28)16-30-23-4-2-3-22-21(23)7-10-26-22/h2-7,10,13-14,17,19,26,28H,8-9,11-12,15-16H2,1H3/t19-/m0/s1. The smallest absolute Gasteiger partial charge is 0.128 e. The predicted octanol–water partition coefficient (Wildman–Crippen LogP) is 5.01. The molecule has 0 spiro atoms. The first-order valence-electron chi connectivity index (χ1n) is 10.9. The highest BCUT2D eigenvalue weighted by Crippen LogP contribution is 2.37. The van der Waals surface area contributed by atoms with E-state index in [1.54, 1.807) is 7.11 Å². The van der Waals surface area contributed by atoms with Gasteiger partial charge in [-0.1, -0.05) is 6.07 Å². The van der Waals surface area contributed by atoms with Crippen molar-refractivity contribution in [1.82, 2.24) is 9.88 Å². The summed E-state index contributed by atoms with van der Waals surface area (Å²) in [5.74, 6) is 2.33. The van der Waals surface area contributed by atoms with Gasteiger partial charge < -0.3 is 24.5 Å². The molecule has 162 valence electrons. The van der Waals surface area contributed by atoms with Crippen LogP contribution in [-0.4, -0.2) is 54.4 Å². The number of ether oxygens (including phenoxy) is 2. The molecule has 0 amide bonds. The number of nitrogens with zero attached hydrogens (tertiary/aromatic N) is 1. The van der Waals surface area contributed by atoms with E-state index >= 15 is 0 Å². The largest absolute Gasteiger partial charge is 0.497 e. The topological polar surface area (TPSA) is 57.7 Å². The van der Waals surface area contributed by atoms with E-state index in [9.17, 15) is 5.11 Å². The van der Waals surface area contributed by atoms with Crippen LogP contribution in [0, 0.1) is 0 Å². The molecule has 2 aromatic carbocycles. The summed E-state index contributed by atoms with van der Waals surface area (Å²) in [6.07, 6.45) is 3.66. The Morgan fingerprint density at radius 2 is 2.03 bits per heavy atom. The quantitative estimate of drug-likeness (QED) is 0.428. The lowest BCUT2D eigenvalue weighted by Crippen LogP contribution is -2.40. The van der Waals surface area contributed by atoms with Crippen molar-refractivity contribution >= 4 is 32.3 Å². The SMILES string of the molecule is COc1ccc2sc(C3CCN(C[C@H](O)COc4cccc5[nH]ccc45)CC3)cc2c1. The highest BCUT2D eigenvalue weighted by atomic mass is 32.1. The first-order valence-corrected chi connectivity index (χ1v) is 11.7. The molecule has 1 saturated heterocycles. The maximum absolute atomic E-state index is 10.5. The molecule has 5 nitrogen and oxygen atoms in total. The second-order valence-electron chi connectivity index (χ2n) is 8.29. The summed E-state index contributed by atoms with van der Waals surface area (Å²) in [5, 5.41) is 12.9. The van der Waals surface area contributed by atoms with Gasteiger partial charge in [-0.2, -0.15) is 0 Å². The molecule has 3 heterocycles. The summed E-state index contributed by atoms with van der Waals surface area (Å²) in [5.41, 5.74) is 1.05. The number of aromatic nitrogens is 1. The van der Waals surface area contributed by atoms with Crippen LogP contribution < -0.4 is 9.47 Å². The number of β-amino-alcohol motifs (C(OH)–C–C–N with tert-alkyl or cyclic N) is 1. The zero-order chi connectivity index (χ0) is 21.2. The number of likely N-dealkylation sites (tertiary alicyclic amines) is 1. The predicted molar refractivity (Wildman–Crippen MR) is 127 cm³/mol. The number of thiophene rings is 1. The number of nitrogens with one attached hydrogen (secondary N) is 1. The van der Waals surface area contributed by atoms with Gasteiger partial charge in [0.15, 0.2) is 0 Å². The Kier molecular flexibility index (Phi) is 5.85. The molecule has 5 rings (SSSR count). The van der Waals surface area contributed by atoms with Gasteiger partial charge in [0.25, 0.3) is 0 Å². The van der Waals surface area contributed by atoms with E-state index < -0.39 is 6.10 Å². The molecular weight excluding hydrogens is 408 g/mol. The summed E-state index contributed by atoms with van der Waals surface area (Å²) in [4.78, 5) is 7.01. The molecule has 4 aromatic rings. The second-order valence-corrected chi connectivity index (χ2v) is 9.40. The van der Waals surface area contributed by atoms with Gasteiger partial charge in [-0.3, -0.25) is 0 Å². The molecule has 2 aromatic heterocycles. The number of hydrogen-bond acceptors (Lipinski definition) is 5. The normalized spacial score (nSPS) is 16.7. The number of aliphatic hydroxyl groups is 1. The average Bonchev–Trinajstić information content (AvgIpc) is 3.44. The van der Waals surface area contributed by atoms with Crippen LogP contribution in [0.25, 0.3) is 21.0 Å². The molecule has 0 aliphatic carbocycles. The summed E-state index contributed by atoms with van der Waals surface area (Å²) >= 11 is 1.90. The summed E-state index contributed by atoms with van der Waals surface area (Å²) < 4.78 is 12.6. The van der Waals surface area contributed by atoms with Gasteiger partial charge >= 0.3 is 0 Å². The number of aromatic amines is 1. The maximum Gasteiger partial charge on any atom is 0.128 e.